The van der Waals surface area contributed by atoms with E-state index in [9.17, 15) is 18.6 Å². The Hall–Kier alpha value is -2.13. The number of hydrogen-bond acceptors (Lipinski definition) is 7. The van der Waals surface area contributed by atoms with Crippen molar-refractivity contribution >= 4 is 21.3 Å². The lowest BCUT2D eigenvalue weighted by Gasteiger charge is -2.02. The van der Waals surface area contributed by atoms with Crippen molar-refractivity contribution in [1.29, 1.82) is 0 Å². The Bertz CT molecular complexity index is 779. The fourth-order valence-corrected chi connectivity index (χ4v) is 2.79. The van der Waals surface area contributed by atoms with E-state index in [-0.39, 0.29) is 29.4 Å². The Morgan fingerprint density at radius 3 is 2.63 bits per heavy atom. The van der Waals surface area contributed by atoms with Crippen LogP contribution < -0.4 is 14.2 Å². The first-order valence-corrected chi connectivity index (χ1v) is 6.70. The molecule has 0 aliphatic carbocycles. The Morgan fingerprint density at radius 1 is 1.26 bits per heavy atom. The first-order valence-electron chi connectivity index (χ1n) is 5.36. The summed E-state index contributed by atoms with van der Waals surface area (Å²) in [6, 6.07) is 2.50. The number of aromatic nitrogens is 1. The molecule has 0 saturated carbocycles. The molecule has 0 saturated heterocycles. The maximum absolute atomic E-state index is 11.3. The van der Waals surface area contributed by atoms with Crippen molar-refractivity contribution in [3.05, 3.63) is 17.7 Å². The van der Waals surface area contributed by atoms with E-state index in [1.165, 1.54) is 12.1 Å². The summed E-state index contributed by atoms with van der Waals surface area (Å²) in [5.41, 5.74) is 6.24. The van der Waals surface area contributed by atoms with Gasteiger partial charge in [-0.05, 0) is 19.0 Å². The van der Waals surface area contributed by atoms with Crippen molar-refractivity contribution in [2.24, 2.45) is 5.73 Å². The van der Waals surface area contributed by atoms with Crippen LogP contribution in [0.5, 0.6) is 17.4 Å². The van der Waals surface area contributed by atoms with E-state index in [4.69, 9.17) is 9.92 Å². The highest BCUT2D eigenvalue weighted by atomic mass is 32.3. The minimum atomic E-state index is -4.14. The van der Waals surface area contributed by atoms with Crippen LogP contribution in [0.4, 0.5) is 0 Å². The second-order valence-corrected chi connectivity index (χ2v) is 5.17. The summed E-state index contributed by atoms with van der Waals surface area (Å²) < 4.78 is 32.9. The molecule has 19 heavy (non-hydrogen) atoms. The zero-order valence-corrected chi connectivity index (χ0v) is 10.3. The molecule has 102 valence electrons. The molecule has 4 N–H and O–H groups in total. The topological polar surface area (TPSA) is 124 Å². The van der Waals surface area contributed by atoms with E-state index in [2.05, 4.69) is 4.28 Å². The van der Waals surface area contributed by atoms with E-state index in [1.54, 1.807) is 0 Å². The average Bonchev–Trinajstić information content (AvgIpc) is 2.75. The lowest BCUT2D eigenvalue weighted by atomic mass is 10.1. The lowest BCUT2D eigenvalue weighted by Crippen LogP contribution is -2.14. The molecule has 0 fully saturated rings. The van der Waals surface area contributed by atoms with Crippen LogP contribution in [-0.2, 0) is 16.8 Å². The first-order chi connectivity index (χ1) is 8.93. The number of aromatic hydroxyl groups is 2. The normalized spacial score (nSPS) is 16.1. The standard InChI is InChI=1S/C10H10N2O6S/c11-2-1-5-6-3-8(13)9(14)4-7(6)12-10(5)17-19(15,16)18-12/h3-4,13-14H,1-2,11H2. The Morgan fingerprint density at radius 2 is 1.95 bits per heavy atom. The molecular formula is C10H10N2O6S. The largest absolute Gasteiger partial charge is 0.522 e. The van der Waals surface area contributed by atoms with Crippen molar-refractivity contribution in [2.45, 2.75) is 6.42 Å². The molecule has 1 aliphatic rings. The smallest absolute Gasteiger partial charge is 0.504 e. The number of phenolic OH excluding ortho intramolecular Hbond substituents is 2. The van der Waals surface area contributed by atoms with Gasteiger partial charge in [0, 0.05) is 17.0 Å². The molecule has 0 radical (unpaired) electrons. The van der Waals surface area contributed by atoms with Gasteiger partial charge in [0.05, 0.1) is 5.52 Å². The van der Waals surface area contributed by atoms with Gasteiger partial charge < -0.3 is 20.1 Å². The Labute approximate surface area is 107 Å². The summed E-state index contributed by atoms with van der Waals surface area (Å²) in [7, 11) is -4.14. The fourth-order valence-electron chi connectivity index (χ4n) is 2.07. The van der Waals surface area contributed by atoms with Crippen molar-refractivity contribution in [3.8, 4) is 17.4 Å². The van der Waals surface area contributed by atoms with Crippen LogP contribution in [0.25, 0.3) is 10.9 Å². The molecule has 2 heterocycles. The maximum Gasteiger partial charge on any atom is 0.522 e. The SMILES string of the molecule is NCCc1c2n(c3cc(O)c(O)cc13)OS(=O)(=O)O2. The number of benzene rings is 1. The molecule has 0 unspecified atom stereocenters. The highest BCUT2D eigenvalue weighted by Gasteiger charge is 2.34. The summed E-state index contributed by atoms with van der Waals surface area (Å²) in [5.74, 6) is -0.719. The molecule has 0 bridgehead atoms. The zero-order valence-electron chi connectivity index (χ0n) is 9.53. The van der Waals surface area contributed by atoms with Gasteiger partial charge in [0.2, 0.25) is 0 Å². The van der Waals surface area contributed by atoms with Gasteiger partial charge in [-0.25, -0.2) is 0 Å². The molecule has 9 heteroatoms. The van der Waals surface area contributed by atoms with Gasteiger partial charge in [0.25, 0.3) is 5.88 Å². The highest BCUT2D eigenvalue weighted by molar-refractivity contribution is 7.82. The van der Waals surface area contributed by atoms with Crippen LogP contribution in [0.3, 0.4) is 0 Å². The summed E-state index contributed by atoms with van der Waals surface area (Å²) >= 11 is 0. The minimum absolute atomic E-state index is 0.00884. The number of nitrogens with two attached hydrogens (primary N) is 1. The van der Waals surface area contributed by atoms with Crippen LogP contribution in [0, 0.1) is 0 Å². The molecule has 1 aromatic heterocycles. The van der Waals surface area contributed by atoms with Gasteiger partial charge in [-0.1, -0.05) is 0 Å². The van der Waals surface area contributed by atoms with Gasteiger partial charge in [0.1, 0.15) is 0 Å². The summed E-state index contributed by atoms with van der Waals surface area (Å²) in [4.78, 5) is 0. The van der Waals surface area contributed by atoms with Gasteiger partial charge in [-0.2, -0.15) is 0 Å². The summed E-state index contributed by atoms with van der Waals surface area (Å²) in [6.07, 6.45) is 0.335. The van der Waals surface area contributed by atoms with E-state index >= 15 is 0 Å². The number of hydrogen-bond donors (Lipinski definition) is 3. The number of rotatable bonds is 2. The molecule has 0 atom stereocenters. The molecule has 1 aromatic carbocycles. The third-order valence-electron chi connectivity index (χ3n) is 2.82. The predicted molar refractivity (Wildman–Crippen MR) is 64.2 cm³/mol. The van der Waals surface area contributed by atoms with E-state index < -0.39 is 10.4 Å². The Kier molecular flexibility index (Phi) is 2.31. The molecule has 3 rings (SSSR count). The van der Waals surface area contributed by atoms with Crippen LogP contribution >= 0.6 is 0 Å². The second kappa shape index (κ2) is 3.68. The Balaban J connectivity index is 2.36. The fraction of sp³-hybridized carbons (Fsp3) is 0.200. The number of phenols is 2. The first kappa shape index (κ1) is 11.9. The molecule has 8 nitrogen and oxygen atoms in total. The third-order valence-corrected chi connectivity index (χ3v) is 3.51. The van der Waals surface area contributed by atoms with Crippen LogP contribution in [0.1, 0.15) is 5.56 Å². The van der Waals surface area contributed by atoms with Gasteiger partial charge in [-0.15, -0.1) is 13.1 Å². The van der Waals surface area contributed by atoms with Crippen molar-refractivity contribution in [1.82, 2.24) is 4.73 Å². The molecule has 0 amide bonds. The van der Waals surface area contributed by atoms with E-state index in [1.807, 2.05) is 0 Å². The molecule has 0 spiro atoms. The van der Waals surface area contributed by atoms with Gasteiger partial charge >= 0.3 is 10.4 Å². The quantitative estimate of drug-likeness (QED) is 0.643. The summed E-state index contributed by atoms with van der Waals surface area (Å²) in [6.45, 7) is 0.261. The van der Waals surface area contributed by atoms with Crippen molar-refractivity contribution in [2.75, 3.05) is 6.54 Å². The lowest BCUT2D eigenvalue weighted by molar-refractivity contribution is 0.311. The molecule has 1 aliphatic heterocycles. The van der Waals surface area contributed by atoms with Crippen LogP contribution in [-0.4, -0.2) is 29.9 Å². The highest BCUT2D eigenvalue weighted by Crippen LogP contribution is 2.40. The van der Waals surface area contributed by atoms with Crippen LogP contribution in [0.15, 0.2) is 12.1 Å². The van der Waals surface area contributed by atoms with E-state index in [0.717, 1.165) is 4.73 Å². The maximum atomic E-state index is 11.3. The van der Waals surface area contributed by atoms with Crippen LogP contribution in [0.2, 0.25) is 0 Å². The third kappa shape index (κ3) is 1.66. The zero-order chi connectivity index (χ0) is 13.8. The number of fused-ring (bicyclic) bond motifs is 3. The summed E-state index contributed by atoms with van der Waals surface area (Å²) in [5, 5.41) is 19.5. The predicted octanol–water partition coefficient (Wildman–Crippen LogP) is -0.381. The molecule has 2 aromatic rings. The van der Waals surface area contributed by atoms with Crippen molar-refractivity contribution < 1.29 is 27.1 Å². The second-order valence-electron chi connectivity index (χ2n) is 4.04. The average molecular weight is 286 g/mol. The van der Waals surface area contributed by atoms with Crippen molar-refractivity contribution in [3.63, 3.8) is 0 Å². The number of nitrogens with zero attached hydrogens (tertiary/aromatic N) is 1. The minimum Gasteiger partial charge on any atom is -0.504 e. The monoisotopic (exact) mass is 286 g/mol. The molecular weight excluding hydrogens is 276 g/mol. The van der Waals surface area contributed by atoms with Gasteiger partial charge in [0.15, 0.2) is 11.5 Å². The van der Waals surface area contributed by atoms with E-state index in [0.29, 0.717) is 17.4 Å². The van der Waals surface area contributed by atoms with Gasteiger partial charge in [-0.3, -0.25) is 4.28 Å².